The number of anilines is 1. The maximum Gasteiger partial charge on any atom is 0.292 e. The summed E-state index contributed by atoms with van der Waals surface area (Å²) in [6.07, 6.45) is 0. The molecule has 5 heteroatoms. The highest BCUT2D eigenvalue weighted by Gasteiger charge is 2.14. The summed E-state index contributed by atoms with van der Waals surface area (Å²) in [7, 11) is 0. The lowest BCUT2D eigenvalue weighted by molar-refractivity contribution is -0.384. The Hall–Kier alpha value is -2.82. The highest BCUT2D eigenvalue weighted by atomic mass is 16.6. The molecule has 1 heterocycles. The average Bonchev–Trinajstić information content (AvgIpc) is 2.88. The van der Waals surface area contributed by atoms with E-state index in [0.717, 1.165) is 22.3 Å². The van der Waals surface area contributed by atoms with Gasteiger partial charge in [0.25, 0.3) is 5.69 Å². The monoisotopic (exact) mass is 282 g/mol. The van der Waals surface area contributed by atoms with Gasteiger partial charge in [-0.1, -0.05) is 24.3 Å². The van der Waals surface area contributed by atoms with Gasteiger partial charge < -0.3 is 9.73 Å². The van der Waals surface area contributed by atoms with Crippen LogP contribution in [0.1, 0.15) is 11.3 Å². The van der Waals surface area contributed by atoms with Crippen LogP contribution in [0.4, 0.5) is 11.4 Å². The van der Waals surface area contributed by atoms with Crippen LogP contribution in [-0.4, -0.2) is 4.92 Å². The summed E-state index contributed by atoms with van der Waals surface area (Å²) in [6, 6.07) is 14.8. The van der Waals surface area contributed by atoms with Crippen molar-refractivity contribution >= 4 is 22.3 Å². The second-order valence-corrected chi connectivity index (χ2v) is 4.88. The summed E-state index contributed by atoms with van der Waals surface area (Å²) in [5.74, 6) is 0.742. The molecule has 0 aliphatic rings. The van der Waals surface area contributed by atoms with Crippen LogP contribution in [-0.2, 0) is 6.54 Å². The van der Waals surface area contributed by atoms with Gasteiger partial charge in [0.15, 0.2) is 0 Å². The van der Waals surface area contributed by atoms with Crippen molar-refractivity contribution in [2.45, 2.75) is 13.5 Å². The second kappa shape index (κ2) is 5.28. The Labute approximate surface area is 121 Å². The number of nitrogens with one attached hydrogen (secondary N) is 1. The van der Waals surface area contributed by atoms with Crippen LogP contribution in [0.2, 0.25) is 0 Å². The molecule has 3 aromatic rings. The van der Waals surface area contributed by atoms with Gasteiger partial charge in [-0.25, -0.2) is 0 Å². The fraction of sp³-hybridized carbons (Fsp3) is 0.125. The molecular weight excluding hydrogens is 268 g/mol. The first kappa shape index (κ1) is 13.2. The van der Waals surface area contributed by atoms with E-state index in [1.807, 2.05) is 43.3 Å². The number of fused-ring (bicyclic) bond motifs is 1. The maximum absolute atomic E-state index is 11.1. The number of nitrogens with zero attached hydrogens (tertiary/aromatic N) is 1. The summed E-state index contributed by atoms with van der Waals surface area (Å²) in [6.45, 7) is 2.23. The molecule has 0 amide bonds. The number of benzene rings is 2. The molecule has 0 aliphatic carbocycles. The number of nitro groups is 1. The van der Waals surface area contributed by atoms with Crippen LogP contribution in [0.5, 0.6) is 0 Å². The van der Waals surface area contributed by atoms with E-state index in [4.69, 9.17) is 4.42 Å². The molecular formula is C16H14N2O3. The third-order valence-corrected chi connectivity index (χ3v) is 3.28. The zero-order valence-corrected chi connectivity index (χ0v) is 11.5. The van der Waals surface area contributed by atoms with E-state index in [-0.39, 0.29) is 10.6 Å². The molecule has 21 heavy (non-hydrogen) atoms. The SMILES string of the molecule is Cc1ccc(NCc2cc3ccccc3o2)c([N+](=O)[O-])c1. The molecule has 106 valence electrons. The zero-order chi connectivity index (χ0) is 14.8. The maximum atomic E-state index is 11.1. The predicted octanol–water partition coefficient (Wildman–Crippen LogP) is 4.26. The van der Waals surface area contributed by atoms with Crippen molar-refractivity contribution in [1.82, 2.24) is 0 Å². The highest BCUT2D eigenvalue weighted by molar-refractivity contribution is 5.77. The summed E-state index contributed by atoms with van der Waals surface area (Å²) in [4.78, 5) is 10.7. The molecule has 3 rings (SSSR count). The number of rotatable bonds is 4. The van der Waals surface area contributed by atoms with Gasteiger partial charge in [-0.15, -0.1) is 0 Å². The molecule has 0 saturated carbocycles. The van der Waals surface area contributed by atoms with Crippen LogP contribution < -0.4 is 5.32 Å². The van der Waals surface area contributed by atoms with Gasteiger partial charge in [0.1, 0.15) is 17.0 Å². The predicted molar refractivity (Wildman–Crippen MR) is 81.4 cm³/mol. The standard InChI is InChI=1S/C16H14N2O3/c1-11-6-7-14(15(8-11)18(19)20)17-10-13-9-12-4-2-3-5-16(12)21-13/h2-9,17H,10H2,1H3. The number of nitro benzene ring substituents is 1. The van der Waals surface area contributed by atoms with Crippen molar-refractivity contribution in [3.8, 4) is 0 Å². The summed E-state index contributed by atoms with van der Waals surface area (Å²) < 4.78 is 5.68. The van der Waals surface area contributed by atoms with Crippen LogP contribution in [0, 0.1) is 17.0 Å². The van der Waals surface area contributed by atoms with Crippen molar-refractivity contribution in [1.29, 1.82) is 0 Å². The minimum Gasteiger partial charge on any atom is -0.459 e. The molecule has 0 spiro atoms. The summed E-state index contributed by atoms with van der Waals surface area (Å²) in [5, 5.41) is 15.2. The molecule has 1 N–H and O–H groups in total. The number of hydrogen-bond acceptors (Lipinski definition) is 4. The van der Waals surface area contributed by atoms with Gasteiger partial charge in [0, 0.05) is 11.5 Å². The summed E-state index contributed by atoms with van der Waals surface area (Å²) in [5.41, 5.74) is 2.24. The third-order valence-electron chi connectivity index (χ3n) is 3.28. The van der Waals surface area contributed by atoms with Gasteiger partial charge in [-0.2, -0.15) is 0 Å². The van der Waals surface area contributed by atoms with E-state index in [0.29, 0.717) is 12.2 Å². The second-order valence-electron chi connectivity index (χ2n) is 4.88. The molecule has 1 aromatic heterocycles. The van der Waals surface area contributed by atoms with Gasteiger partial charge >= 0.3 is 0 Å². The highest BCUT2D eigenvalue weighted by Crippen LogP contribution is 2.26. The topological polar surface area (TPSA) is 68.3 Å². The largest absolute Gasteiger partial charge is 0.459 e. The minimum absolute atomic E-state index is 0.0751. The third kappa shape index (κ3) is 2.72. The van der Waals surface area contributed by atoms with Crippen LogP contribution in [0.25, 0.3) is 11.0 Å². The molecule has 0 unspecified atom stereocenters. The molecule has 5 nitrogen and oxygen atoms in total. The lowest BCUT2D eigenvalue weighted by Crippen LogP contribution is -2.02. The van der Waals surface area contributed by atoms with E-state index in [1.54, 1.807) is 12.1 Å². The lowest BCUT2D eigenvalue weighted by Gasteiger charge is -2.06. The number of hydrogen-bond donors (Lipinski definition) is 1. The molecule has 0 atom stereocenters. The normalized spacial score (nSPS) is 10.7. The van der Waals surface area contributed by atoms with Gasteiger partial charge in [0.05, 0.1) is 11.5 Å². The van der Waals surface area contributed by atoms with E-state index in [2.05, 4.69) is 5.32 Å². The van der Waals surface area contributed by atoms with E-state index in [1.165, 1.54) is 0 Å². The van der Waals surface area contributed by atoms with Crippen molar-refractivity contribution in [3.05, 3.63) is 70.0 Å². The number of aryl methyl sites for hydroxylation is 1. The molecule has 0 saturated heterocycles. The molecule has 0 fully saturated rings. The summed E-state index contributed by atoms with van der Waals surface area (Å²) >= 11 is 0. The van der Waals surface area contributed by atoms with E-state index >= 15 is 0 Å². The van der Waals surface area contributed by atoms with Gasteiger partial charge in [-0.3, -0.25) is 10.1 Å². The lowest BCUT2D eigenvalue weighted by atomic mass is 10.2. The molecule has 0 radical (unpaired) electrons. The smallest absolute Gasteiger partial charge is 0.292 e. The van der Waals surface area contributed by atoms with Crippen LogP contribution >= 0.6 is 0 Å². The Morgan fingerprint density at radius 2 is 2.00 bits per heavy atom. The van der Waals surface area contributed by atoms with Crippen molar-refractivity contribution in [3.63, 3.8) is 0 Å². The van der Waals surface area contributed by atoms with Crippen LogP contribution in [0.3, 0.4) is 0 Å². The van der Waals surface area contributed by atoms with Gasteiger partial charge in [0.2, 0.25) is 0 Å². The zero-order valence-electron chi connectivity index (χ0n) is 11.5. The Bertz CT molecular complexity index is 775. The molecule has 0 aliphatic heterocycles. The quantitative estimate of drug-likeness (QED) is 0.573. The Kier molecular flexibility index (Phi) is 3.31. The first-order valence-corrected chi connectivity index (χ1v) is 6.60. The fourth-order valence-electron chi connectivity index (χ4n) is 2.25. The van der Waals surface area contributed by atoms with E-state index < -0.39 is 0 Å². The Balaban J connectivity index is 1.83. The average molecular weight is 282 g/mol. The fourth-order valence-corrected chi connectivity index (χ4v) is 2.25. The van der Waals surface area contributed by atoms with Crippen LogP contribution in [0.15, 0.2) is 52.9 Å². The van der Waals surface area contributed by atoms with Gasteiger partial charge in [-0.05, 0) is 30.7 Å². The van der Waals surface area contributed by atoms with Crippen molar-refractivity contribution in [2.24, 2.45) is 0 Å². The molecule has 2 aromatic carbocycles. The Morgan fingerprint density at radius 1 is 1.19 bits per heavy atom. The number of furan rings is 1. The first-order chi connectivity index (χ1) is 10.1. The minimum atomic E-state index is -0.381. The van der Waals surface area contributed by atoms with Crippen molar-refractivity contribution < 1.29 is 9.34 Å². The Morgan fingerprint density at radius 3 is 2.76 bits per heavy atom. The van der Waals surface area contributed by atoms with Crippen molar-refractivity contribution in [2.75, 3.05) is 5.32 Å². The molecule has 0 bridgehead atoms. The number of para-hydroxylation sites is 1. The first-order valence-electron chi connectivity index (χ1n) is 6.60. The van der Waals surface area contributed by atoms with E-state index in [9.17, 15) is 10.1 Å².